The summed E-state index contributed by atoms with van der Waals surface area (Å²) in [5, 5.41) is 5.14. The Hall–Kier alpha value is -6.25. The van der Waals surface area contributed by atoms with E-state index in [-0.39, 0.29) is 0 Å². The topological polar surface area (TPSA) is 17.8 Å². The molecule has 0 N–H and O–H groups in total. The molecule has 2 heteroatoms. The van der Waals surface area contributed by atoms with Crippen LogP contribution in [0.15, 0.2) is 164 Å². The second kappa shape index (κ2) is 10.4. The molecule has 0 bridgehead atoms. The Kier molecular flexibility index (Phi) is 5.82. The molecule has 0 radical (unpaired) electrons. The lowest BCUT2D eigenvalue weighted by atomic mass is 9.82. The summed E-state index contributed by atoms with van der Waals surface area (Å²) in [7, 11) is 2.10. The monoisotopic (exact) mass is 610 g/mol. The number of imidazole rings is 1. The molecule has 1 heterocycles. The first kappa shape index (κ1) is 26.9. The van der Waals surface area contributed by atoms with E-state index < -0.39 is 0 Å². The molecule has 8 aromatic carbocycles. The molecular formula is C46H30N2. The van der Waals surface area contributed by atoms with Crippen LogP contribution in [0, 0.1) is 0 Å². The van der Waals surface area contributed by atoms with E-state index in [9.17, 15) is 0 Å². The van der Waals surface area contributed by atoms with Crippen molar-refractivity contribution >= 4 is 32.6 Å². The van der Waals surface area contributed by atoms with Crippen LogP contribution in [0.25, 0.3) is 99.6 Å². The molecule has 224 valence electrons. The number of aryl methyl sites for hydroxylation is 1. The van der Waals surface area contributed by atoms with Gasteiger partial charge in [-0.3, -0.25) is 0 Å². The second-order valence-corrected chi connectivity index (χ2v) is 12.7. The molecule has 9 aromatic rings. The number of hydrogen-bond donors (Lipinski definition) is 0. The Labute approximate surface area is 279 Å². The van der Waals surface area contributed by atoms with Gasteiger partial charge in [0.15, 0.2) is 0 Å². The average molecular weight is 611 g/mol. The molecule has 1 aliphatic rings. The molecule has 0 saturated heterocycles. The van der Waals surface area contributed by atoms with Crippen LogP contribution in [-0.2, 0) is 7.05 Å². The van der Waals surface area contributed by atoms with Crippen molar-refractivity contribution < 1.29 is 0 Å². The van der Waals surface area contributed by atoms with E-state index in [0.29, 0.717) is 0 Å². The summed E-state index contributed by atoms with van der Waals surface area (Å²) in [6.07, 6.45) is 0. The van der Waals surface area contributed by atoms with Crippen LogP contribution in [0.5, 0.6) is 0 Å². The van der Waals surface area contributed by atoms with Crippen LogP contribution in [0.2, 0.25) is 0 Å². The molecule has 48 heavy (non-hydrogen) atoms. The van der Waals surface area contributed by atoms with Crippen molar-refractivity contribution in [2.45, 2.75) is 0 Å². The van der Waals surface area contributed by atoms with E-state index in [0.717, 1.165) is 22.4 Å². The third-order valence-electron chi connectivity index (χ3n) is 10.1. The van der Waals surface area contributed by atoms with E-state index in [4.69, 9.17) is 4.98 Å². The molecule has 0 atom stereocenters. The molecule has 0 aliphatic heterocycles. The fourth-order valence-electron chi connectivity index (χ4n) is 8.07. The van der Waals surface area contributed by atoms with Gasteiger partial charge in [-0.25, -0.2) is 4.98 Å². The second-order valence-electron chi connectivity index (χ2n) is 12.7. The Morgan fingerprint density at radius 2 is 0.917 bits per heavy atom. The third kappa shape index (κ3) is 3.84. The van der Waals surface area contributed by atoms with Gasteiger partial charge in [0.1, 0.15) is 5.82 Å². The Bertz CT molecular complexity index is 2610. The van der Waals surface area contributed by atoms with Gasteiger partial charge in [-0.05, 0) is 89.3 Å². The highest BCUT2D eigenvalue weighted by Crippen LogP contribution is 2.58. The van der Waals surface area contributed by atoms with Crippen molar-refractivity contribution in [1.29, 1.82) is 0 Å². The van der Waals surface area contributed by atoms with Crippen LogP contribution >= 0.6 is 0 Å². The molecule has 0 amide bonds. The van der Waals surface area contributed by atoms with Crippen molar-refractivity contribution in [3.05, 3.63) is 164 Å². The highest BCUT2D eigenvalue weighted by atomic mass is 15.1. The zero-order valence-electron chi connectivity index (χ0n) is 26.5. The van der Waals surface area contributed by atoms with Gasteiger partial charge in [0.2, 0.25) is 0 Å². The smallest absolute Gasteiger partial charge is 0.140 e. The summed E-state index contributed by atoms with van der Waals surface area (Å²) in [5.41, 5.74) is 16.0. The minimum Gasteiger partial charge on any atom is -0.327 e. The molecule has 0 spiro atoms. The first-order chi connectivity index (χ1) is 23.8. The Balaban J connectivity index is 1.27. The highest BCUT2D eigenvalue weighted by Gasteiger charge is 2.31. The van der Waals surface area contributed by atoms with E-state index in [1.165, 1.54) is 77.2 Å². The van der Waals surface area contributed by atoms with Crippen LogP contribution in [0.4, 0.5) is 0 Å². The number of fused-ring (bicyclic) bond motifs is 5. The summed E-state index contributed by atoms with van der Waals surface area (Å²) >= 11 is 0. The number of benzene rings is 8. The summed E-state index contributed by atoms with van der Waals surface area (Å²) in [5.74, 6) is 0.979. The van der Waals surface area contributed by atoms with Crippen molar-refractivity contribution in [3.63, 3.8) is 0 Å². The predicted molar refractivity (Wildman–Crippen MR) is 202 cm³/mol. The summed E-state index contributed by atoms with van der Waals surface area (Å²) in [6.45, 7) is 0. The molecular weight excluding hydrogens is 581 g/mol. The first-order valence-electron chi connectivity index (χ1n) is 16.5. The van der Waals surface area contributed by atoms with Crippen molar-refractivity contribution in [2.24, 2.45) is 7.05 Å². The van der Waals surface area contributed by atoms with Gasteiger partial charge in [-0.15, -0.1) is 0 Å². The lowest BCUT2D eigenvalue weighted by Crippen LogP contribution is -1.93. The Morgan fingerprint density at radius 1 is 0.396 bits per heavy atom. The standard InChI is InChI=1S/C46H30N2/c1-48-40-27-24-32(28-39(40)47-46(48)31-18-9-4-10-19-31)33-25-26-38-43-34(33)22-13-23-37(43)44-41(29-14-5-2-6-15-29)35-20-11-12-21-36(35)42(45(38)44)30-16-7-3-8-17-30/h2-28H,1H3. The van der Waals surface area contributed by atoms with Crippen molar-refractivity contribution in [3.8, 4) is 67.0 Å². The number of rotatable bonds is 4. The van der Waals surface area contributed by atoms with Crippen LogP contribution in [-0.4, -0.2) is 9.55 Å². The number of hydrogen-bond acceptors (Lipinski definition) is 1. The van der Waals surface area contributed by atoms with E-state index in [2.05, 4.69) is 169 Å². The van der Waals surface area contributed by atoms with Crippen LogP contribution < -0.4 is 0 Å². The highest BCUT2D eigenvalue weighted by molar-refractivity contribution is 6.28. The fourth-order valence-corrected chi connectivity index (χ4v) is 8.07. The maximum absolute atomic E-state index is 5.11. The normalized spacial score (nSPS) is 11.9. The molecule has 2 nitrogen and oxygen atoms in total. The minimum absolute atomic E-state index is 0.979. The third-order valence-corrected chi connectivity index (χ3v) is 10.1. The van der Waals surface area contributed by atoms with Gasteiger partial charge in [0.25, 0.3) is 0 Å². The maximum atomic E-state index is 5.11. The summed E-state index contributed by atoms with van der Waals surface area (Å²) in [6, 6.07) is 59.5. The molecule has 1 aromatic heterocycles. The van der Waals surface area contributed by atoms with Gasteiger partial charge in [0, 0.05) is 12.6 Å². The van der Waals surface area contributed by atoms with Crippen molar-refractivity contribution in [2.75, 3.05) is 0 Å². The molecule has 0 saturated carbocycles. The largest absolute Gasteiger partial charge is 0.327 e. The first-order valence-corrected chi connectivity index (χ1v) is 16.5. The van der Waals surface area contributed by atoms with E-state index in [1.54, 1.807) is 0 Å². The quantitative estimate of drug-likeness (QED) is 0.194. The average Bonchev–Trinajstić information content (AvgIpc) is 3.66. The Morgan fingerprint density at radius 3 is 1.54 bits per heavy atom. The van der Waals surface area contributed by atoms with E-state index >= 15 is 0 Å². The van der Waals surface area contributed by atoms with Gasteiger partial charge in [-0.2, -0.15) is 0 Å². The fraction of sp³-hybridized carbons (Fsp3) is 0.0217. The zero-order valence-corrected chi connectivity index (χ0v) is 26.5. The molecule has 0 fully saturated rings. The lowest BCUT2D eigenvalue weighted by Gasteiger charge is -2.20. The zero-order chi connectivity index (χ0) is 31.8. The van der Waals surface area contributed by atoms with Gasteiger partial charge < -0.3 is 4.57 Å². The summed E-state index contributed by atoms with van der Waals surface area (Å²) in [4.78, 5) is 5.11. The van der Waals surface area contributed by atoms with Gasteiger partial charge >= 0.3 is 0 Å². The SMILES string of the molecule is Cn1c(-c2ccccc2)nc2cc(-c3ccc4c5c(cccc35)-c3c-4c(-c4ccccc4)c4ccccc4c3-c3ccccc3)ccc21. The minimum atomic E-state index is 0.979. The molecule has 1 aliphatic carbocycles. The number of nitrogens with zero attached hydrogens (tertiary/aromatic N) is 2. The van der Waals surface area contributed by atoms with Crippen molar-refractivity contribution in [1.82, 2.24) is 9.55 Å². The van der Waals surface area contributed by atoms with Gasteiger partial charge in [-0.1, -0.05) is 152 Å². The molecule has 10 rings (SSSR count). The predicted octanol–water partition coefficient (Wildman–Crippen LogP) is 12.2. The summed E-state index contributed by atoms with van der Waals surface area (Å²) < 4.78 is 2.19. The van der Waals surface area contributed by atoms with Crippen LogP contribution in [0.3, 0.4) is 0 Å². The van der Waals surface area contributed by atoms with E-state index in [1.807, 2.05) is 6.07 Å². The maximum Gasteiger partial charge on any atom is 0.140 e. The van der Waals surface area contributed by atoms with Gasteiger partial charge in [0.05, 0.1) is 11.0 Å². The lowest BCUT2D eigenvalue weighted by molar-refractivity contribution is 0.959. The molecule has 0 unspecified atom stereocenters. The number of aromatic nitrogens is 2. The van der Waals surface area contributed by atoms with Crippen LogP contribution in [0.1, 0.15) is 0 Å².